The SMILES string of the molecule is CCNc1cc(C2CC2)nc(-c2ccc(Cl)cc2Cl)n1. The molecule has 1 aliphatic carbocycles. The van der Waals surface area contributed by atoms with Gasteiger partial charge in [-0.3, -0.25) is 0 Å². The second-order valence-electron chi connectivity index (χ2n) is 4.93. The lowest BCUT2D eigenvalue weighted by atomic mass is 10.2. The first kappa shape index (κ1) is 13.7. The third-order valence-corrected chi connectivity index (χ3v) is 3.82. The molecule has 2 aromatic rings. The van der Waals surface area contributed by atoms with Crippen molar-refractivity contribution >= 4 is 29.0 Å². The van der Waals surface area contributed by atoms with Crippen molar-refractivity contribution in [2.24, 2.45) is 0 Å². The Balaban J connectivity index is 2.06. The smallest absolute Gasteiger partial charge is 0.163 e. The number of rotatable bonds is 4. The molecular weight excluding hydrogens is 293 g/mol. The van der Waals surface area contributed by atoms with Crippen LogP contribution in [0, 0.1) is 0 Å². The minimum atomic E-state index is 0.570. The molecule has 1 aromatic carbocycles. The molecule has 0 unspecified atom stereocenters. The van der Waals surface area contributed by atoms with Crippen LogP contribution in [-0.4, -0.2) is 16.5 Å². The summed E-state index contributed by atoms with van der Waals surface area (Å²) in [4.78, 5) is 9.20. The molecule has 5 heteroatoms. The topological polar surface area (TPSA) is 37.8 Å². The molecule has 1 aliphatic rings. The van der Waals surface area contributed by atoms with Gasteiger partial charge in [-0.25, -0.2) is 9.97 Å². The molecule has 20 heavy (non-hydrogen) atoms. The molecule has 0 saturated heterocycles. The molecule has 1 aromatic heterocycles. The van der Waals surface area contributed by atoms with E-state index in [4.69, 9.17) is 23.2 Å². The van der Waals surface area contributed by atoms with E-state index in [0.717, 1.165) is 23.6 Å². The minimum Gasteiger partial charge on any atom is -0.370 e. The van der Waals surface area contributed by atoms with Crippen molar-refractivity contribution in [2.75, 3.05) is 11.9 Å². The predicted octanol–water partition coefficient (Wildman–Crippen LogP) is 4.76. The van der Waals surface area contributed by atoms with E-state index in [1.807, 2.05) is 25.1 Å². The first-order chi connectivity index (χ1) is 9.67. The molecular formula is C15H15Cl2N3. The highest BCUT2D eigenvalue weighted by molar-refractivity contribution is 6.36. The molecule has 0 aliphatic heterocycles. The van der Waals surface area contributed by atoms with Crippen molar-refractivity contribution in [1.29, 1.82) is 0 Å². The van der Waals surface area contributed by atoms with Gasteiger partial charge in [0.15, 0.2) is 5.82 Å². The third-order valence-electron chi connectivity index (χ3n) is 3.27. The molecule has 104 valence electrons. The molecule has 0 bridgehead atoms. The van der Waals surface area contributed by atoms with Gasteiger partial charge in [-0.1, -0.05) is 23.2 Å². The molecule has 1 N–H and O–H groups in total. The zero-order chi connectivity index (χ0) is 14.1. The Morgan fingerprint density at radius 1 is 1.20 bits per heavy atom. The maximum Gasteiger partial charge on any atom is 0.163 e. The summed E-state index contributed by atoms with van der Waals surface area (Å²) in [6, 6.07) is 7.43. The van der Waals surface area contributed by atoms with Crippen LogP contribution in [0.15, 0.2) is 24.3 Å². The van der Waals surface area contributed by atoms with Gasteiger partial charge in [0.25, 0.3) is 0 Å². The van der Waals surface area contributed by atoms with Crippen LogP contribution in [-0.2, 0) is 0 Å². The maximum absolute atomic E-state index is 6.26. The molecule has 3 rings (SSSR count). The van der Waals surface area contributed by atoms with Crippen LogP contribution in [0.1, 0.15) is 31.4 Å². The summed E-state index contributed by atoms with van der Waals surface area (Å²) in [5.41, 5.74) is 1.91. The van der Waals surface area contributed by atoms with Crippen LogP contribution < -0.4 is 5.32 Å². The van der Waals surface area contributed by atoms with Crippen molar-refractivity contribution in [2.45, 2.75) is 25.7 Å². The fourth-order valence-electron chi connectivity index (χ4n) is 2.12. The van der Waals surface area contributed by atoms with Crippen LogP contribution in [0.5, 0.6) is 0 Å². The number of benzene rings is 1. The van der Waals surface area contributed by atoms with Crippen LogP contribution >= 0.6 is 23.2 Å². The van der Waals surface area contributed by atoms with Gasteiger partial charge in [-0.05, 0) is 38.0 Å². The summed E-state index contributed by atoms with van der Waals surface area (Å²) >= 11 is 12.2. The van der Waals surface area contributed by atoms with Crippen molar-refractivity contribution < 1.29 is 0 Å². The molecule has 1 heterocycles. The number of halogens is 2. The third kappa shape index (κ3) is 2.89. The maximum atomic E-state index is 6.26. The van der Waals surface area contributed by atoms with Gasteiger partial charge in [-0.2, -0.15) is 0 Å². The second kappa shape index (κ2) is 5.58. The van der Waals surface area contributed by atoms with E-state index in [1.54, 1.807) is 6.07 Å². The normalized spacial score (nSPS) is 14.3. The number of aromatic nitrogens is 2. The second-order valence-corrected chi connectivity index (χ2v) is 5.77. The van der Waals surface area contributed by atoms with Crippen LogP contribution in [0.25, 0.3) is 11.4 Å². The van der Waals surface area contributed by atoms with Gasteiger partial charge >= 0.3 is 0 Å². The fraction of sp³-hybridized carbons (Fsp3) is 0.333. The summed E-state index contributed by atoms with van der Waals surface area (Å²) < 4.78 is 0. The quantitative estimate of drug-likeness (QED) is 0.885. The number of nitrogens with zero attached hydrogens (tertiary/aromatic N) is 2. The molecule has 0 amide bonds. The van der Waals surface area contributed by atoms with Gasteiger partial charge in [0, 0.05) is 34.8 Å². The highest BCUT2D eigenvalue weighted by Gasteiger charge is 2.26. The Hall–Kier alpha value is -1.32. The Bertz CT molecular complexity index is 639. The number of hydrogen-bond donors (Lipinski definition) is 1. The lowest BCUT2D eigenvalue weighted by Gasteiger charge is -2.09. The van der Waals surface area contributed by atoms with Crippen LogP contribution in [0.3, 0.4) is 0 Å². The Morgan fingerprint density at radius 2 is 2.00 bits per heavy atom. The lowest BCUT2D eigenvalue weighted by molar-refractivity contribution is 0.988. The Kier molecular flexibility index (Phi) is 3.81. The van der Waals surface area contributed by atoms with E-state index in [1.165, 1.54) is 12.8 Å². The van der Waals surface area contributed by atoms with Crippen molar-refractivity contribution in [3.63, 3.8) is 0 Å². The van der Waals surface area contributed by atoms with E-state index in [2.05, 4.69) is 15.3 Å². The highest BCUT2D eigenvalue weighted by Crippen LogP contribution is 2.40. The predicted molar refractivity (Wildman–Crippen MR) is 83.6 cm³/mol. The molecule has 1 fully saturated rings. The molecule has 3 nitrogen and oxygen atoms in total. The largest absolute Gasteiger partial charge is 0.370 e. The van der Waals surface area contributed by atoms with E-state index >= 15 is 0 Å². The average Bonchev–Trinajstić information content (AvgIpc) is 3.23. The number of nitrogens with one attached hydrogen (secondary N) is 1. The summed E-state index contributed by atoms with van der Waals surface area (Å²) in [5.74, 6) is 2.08. The fourth-order valence-corrected chi connectivity index (χ4v) is 2.61. The summed E-state index contributed by atoms with van der Waals surface area (Å²) in [6.45, 7) is 2.88. The molecule has 1 saturated carbocycles. The van der Waals surface area contributed by atoms with Gasteiger partial charge < -0.3 is 5.32 Å². The number of hydrogen-bond acceptors (Lipinski definition) is 3. The van der Waals surface area contributed by atoms with Crippen molar-refractivity contribution in [3.05, 3.63) is 40.0 Å². The molecule has 0 atom stereocenters. The zero-order valence-corrected chi connectivity index (χ0v) is 12.7. The summed E-state index contributed by atoms with van der Waals surface area (Å²) in [6.07, 6.45) is 2.41. The van der Waals surface area contributed by atoms with Crippen LogP contribution in [0.2, 0.25) is 10.0 Å². The van der Waals surface area contributed by atoms with E-state index in [9.17, 15) is 0 Å². The van der Waals surface area contributed by atoms with Crippen LogP contribution in [0.4, 0.5) is 5.82 Å². The van der Waals surface area contributed by atoms with E-state index < -0.39 is 0 Å². The van der Waals surface area contributed by atoms with Gasteiger partial charge in [0.1, 0.15) is 5.82 Å². The van der Waals surface area contributed by atoms with E-state index in [0.29, 0.717) is 21.8 Å². The first-order valence-corrected chi connectivity index (χ1v) is 7.51. The molecule has 0 spiro atoms. The number of anilines is 1. The van der Waals surface area contributed by atoms with Crippen molar-refractivity contribution in [3.8, 4) is 11.4 Å². The highest BCUT2D eigenvalue weighted by atomic mass is 35.5. The average molecular weight is 308 g/mol. The monoisotopic (exact) mass is 307 g/mol. The first-order valence-electron chi connectivity index (χ1n) is 6.75. The van der Waals surface area contributed by atoms with Gasteiger partial charge in [0.05, 0.1) is 5.02 Å². The lowest BCUT2D eigenvalue weighted by Crippen LogP contribution is -2.03. The molecule has 0 radical (unpaired) electrons. The summed E-state index contributed by atoms with van der Waals surface area (Å²) in [7, 11) is 0. The summed E-state index contributed by atoms with van der Waals surface area (Å²) in [5, 5.41) is 4.44. The zero-order valence-electron chi connectivity index (χ0n) is 11.2. The van der Waals surface area contributed by atoms with E-state index in [-0.39, 0.29) is 0 Å². The minimum absolute atomic E-state index is 0.570. The van der Waals surface area contributed by atoms with Gasteiger partial charge in [0.2, 0.25) is 0 Å². The Labute approximate surface area is 128 Å². The van der Waals surface area contributed by atoms with Gasteiger partial charge in [-0.15, -0.1) is 0 Å². The standard InChI is InChI=1S/C15H15Cl2N3/c1-2-18-14-8-13(9-3-4-9)19-15(20-14)11-6-5-10(16)7-12(11)17/h5-9H,2-4H2,1H3,(H,18,19,20). The Morgan fingerprint density at radius 3 is 2.65 bits per heavy atom. The van der Waals surface area contributed by atoms with Crippen molar-refractivity contribution in [1.82, 2.24) is 9.97 Å².